The summed E-state index contributed by atoms with van der Waals surface area (Å²) in [4.78, 5) is -0.318. The van der Waals surface area contributed by atoms with Crippen LogP contribution in [0.3, 0.4) is 0 Å². The Morgan fingerprint density at radius 1 is 0.955 bits per heavy atom. The van der Waals surface area contributed by atoms with Crippen LogP contribution in [0, 0.1) is 24.4 Å². The number of halogens is 5. The summed E-state index contributed by atoms with van der Waals surface area (Å²) < 4.78 is 65.5. The molecule has 0 aliphatic rings. The predicted octanol–water partition coefficient (Wildman–Crippen LogP) is 4.52. The maximum Gasteiger partial charge on any atom is 0.263 e. The zero-order valence-electron chi connectivity index (χ0n) is 10.9. The van der Waals surface area contributed by atoms with Gasteiger partial charge in [-0.05, 0) is 24.6 Å². The van der Waals surface area contributed by atoms with E-state index in [0.29, 0.717) is 17.7 Å². The summed E-state index contributed by atoms with van der Waals surface area (Å²) in [6, 6.07) is 3.49. The standard InChI is InChI=1S/C13H8Cl2F3NO2S/c1-6-2-12(9(15)5-8(6)14)22(20,21)19-7-3-10(16)13(18)11(17)4-7/h2-5,19H,1H3. The molecule has 9 heteroatoms. The lowest BCUT2D eigenvalue weighted by molar-refractivity contribution is 0.448. The minimum atomic E-state index is -4.23. The van der Waals surface area contributed by atoms with E-state index in [4.69, 9.17) is 23.2 Å². The van der Waals surface area contributed by atoms with E-state index in [1.165, 1.54) is 12.1 Å². The fourth-order valence-electron chi connectivity index (χ4n) is 1.66. The molecular weight excluding hydrogens is 362 g/mol. The topological polar surface area (TPSA) is 46.2 Å². The van der Waals surface area contributed by atoms with E-state index in [0.717, 1.165) is 0 Å². The number of anilines is 1. The van der Waals surface area contributed by atoms with Crippen molar-refractivity contribution in [3.63, 3.8) is 0 Å². The first-order valence-corrected chi connectivity index (χ1v) is 7.98. The van der Waals surface area contributed by atoms with Crippen molar-refractivity contribution in [3.8, 4) is 0 Å². The summed E-state index contributed by atoms with van der Waals surface area (Å²) in [6.07, 6.45) is 0. The molecule has 2 aromatic rings. The molecule has 3 nitrogen and oxygen atoms in total. The third-order valence-electron chi connectivity index (χ3n) is 2.74. The third-order valence-corrected chi connectivity index (χ3v) is 4.99. The van der Waals surface area contributed by atoms with E-state index in [2.05, 4.69) is 0 Å². The van der Waals surface area contributed by atoms with Gasteiger partial charge in [0.15, 0.2) is 17.5 Å². The van der Waals surface area contributed by atoms with Gasteiger partial charge in [0, 0.05) is 17.2 Å². The molecule has 0 radical (unpaired) electrons. The fraction of sp³-hybridized carbons (Fsp3) is 0.0769. The molecule has 22 heavy (non-hydrogen) atoms. The highest BCUT2D eigenvalue weighted by molar-refractivity contribution is 7.92. The smallest absolute Gasteiger partial charge is 0.263 e. The summed E-state index contributed by atoms with van der Waals surface area (Å²) in [7, 11) is -4.23. The first-order valence-electron chi connectivity index (χ1n) is 5.75. The molecule has 0 saturated heterocycles. The van der Waals surface area contributed by atoms with Crippen molar-refractivity contribution in [2.45, 2.75) is 11.8 Å². The quantitative estimate of drug-likeness (QED) is 0.808. The molecule has 1 N–H and O–H groups in total. The molecule has 0 aliphatic heterocycles. The number of hydrogen-bond donors (Lipinski definition) is 1. The summed E-state index contributed by atoms with van der Waals surface area (Å²) in [5, 5.41) is 0.106. The summed E-state index contributed by atoms with van der Waals surface area (Å²) in [5.74, 6) is -4.73. The van der Waals surface area contributed by atoms with E-state index < -0.39 is 33.2 Å². The zero-order chi connectivity index (χ0) is 16.7. The van der Waals surface area contributed by atoms with Crippen molar-refractivity contribution in [1.82, 2.24) is 0 Å². The highest BCUT2D eigenvalue weighted by Crippen LogP contribution is 2.30. The van der Waals surface area contributed by atoms with Crippen molar-refractivity contribution in [2.75, 3.05) is 4.72 Å². The van der Waals surface area contributed by atoms with Crippen molar-refractivity contribution in [3.05, 3.63) is 57.3 Å². The molecule has 0 atom stereocenters. The van der Waals surface area contributed by atoms with Crippen LogP contribution in [0.25, 0.3) is 0 Å². The van der Waals surface area contributed by atoms with Crippen LogP contribution in [-0.4, -0.2) is 8.42 Å². The number of rotatable bonds is 3. The molecule has 0 bridgehead atoms. The van der Waals surface area contributed by atoms with Gasteiger partial charge in [-0.15, -0.1) is 0 Å². The first-order chi connectivity index (χ1) is 10.1. The van der Waals surface area contributed by atoms with Crippen molar-refractivity contribution < 1.29 is 21.6 Å². The van der Waals surface area contributed by atoms with E-state index in [1.54, 1.807) is 6.92 Å². The number of aryl methyl sites for hydroxylation is 1. The monoisotopic (exact) mass is 369 g/mol. The van der Waals surface area contributed by atoms with Crippen molar-refractivity contribution >= 4 is 38.9 Å². The van der Waals surface area contributed by atoms with Crippen molar-refractivity contribution in [1.29, 1.82) is 0 Å². The predicted molar refractivity (Wildman–Crippen MR) is 78.3 cm³/mol. The van der Waals surface area contributed by atoms with Crippen LogP contribution < -0.4 is 4.72 Å². The van der Waals surface area contributed by atoms with E-state index in [9.17, 15) is 21.6 Å². The molecule has 0 aliphatic carbocycles. The molecule has 0 amide bonds. The molecule has 0 fully saturated rings. The summed E-state index contributed by atoms with van der Waals surface area (Å²) in [5.41, 5.74) is -0.0250. The Balaban J connectivity index is 2.47. The maximum absolute atomic E-state index is 13.1. The molecular formula is C13H8Cl2F3NO2S. The summed E-state index contributed by atoms with van der Waals surface area (Å²) >= 11 is 11.6. The Hall–Kier alpha value is -1.44. The van der Waals surface area contributed by atoms with E-state index >= 15 is 0 Å². The Labute approximate surface area is 134 Å². The molecule has 2 rings (SSSR count). The Kier molecular flexibility index (Phi) is 4.60. The number of sulfonamides is 1. The van der Waals surface area contributed by atoms with Crippen LogP contribution >= 0.6 is 23.2 Å². The van der Waals surface area contributed by atoms with Crippen molar-refractivity contribution in [2.24, 2.45) is 0 Å². The normalized spacial score (nSPS) is 11.5. The second-order valence-corrected chi connectivity index (χ2v) is 6.86. The molecule has 118 valence electrons. The zero-order valence-corrected chi connectivity index (χ0v) is 13.3. The maximum atomic E-state index is 13.1. The Morgan fingerprint density at radius 2 is 1.50 bits per heavy atom. The third kappa shape index (κ3) is 3.31. The van der Waals surface area contributed by atoms with Crippen LogP contribution in [0.5, 0.6) is 0 Å². The average Bonchev–Trinajstić information content (AvgIpc) is 2.39. The van der Waals surface area contributed by atoms with Crippen LogP contribution in [-0.2, 0) is 10.0 Å². The second-order valence-electron chi connectivity index (χ2n) is 4.39. The van der Waals surface area contributed by atoms with Gasteiger partial charge in [-0.3, -0.25) is 4.72 Å². The molecule has 0 aromatic heterocycles. The van der Waals surface area contributed by atoms with Gasteiger partial charge in [0.25, 0.3) is 10.0 Å². The lowest BCUT2D eigenvalue weighted by atomic mass is 10.2. The minimum absolute atomic E-state index is 0.161. The van der Waals surface area contributed by atoms with Crippen LogP contribution in [0.1, 0.15) is 5.56 Å². The van der Waals surface area contributed by atoms with Crippen LogP contribution in [0.4, 0.5) is 18.9 Å². The lowest BCUT2D eigenvalue weighted by Gasteiger charge is -2.11. The average molecular weight is 370 g/mol. The highest BCUT2D eigenvalue weighted by Gasteiger charge is 2.21. The van der Waals surface area contributed by atoms with Gasteiger partial charge in [-0.2, -0.15) is 0 Å². The highest BCUT2D eigenvalue weighted by atomic mass is 35.5. The molecule has 0 saturated carbocycles. The van der Waals surface area contributed by atoms with Gasteiger partial charge in [0.05, 0.1) is 10.7 Å². The largest absolute Gasteiger partial charge is 0.279 e. The molecule has 0 unspecified atom stereocenters. The van der Waals surface area contributed by atoms with Crippen LogP contribution in [0.2, 0.25) is 10.0 Å². The minimum Gasteiger partial charge on any atom is -0.279 e. The lowest BCUT2D eigenvalue weighted by Crippen LogP contribution is -2.14. The second kappa shape index (κ2) is 5.98. The van der Waals surface area contributed by atoms with Gasteiger partial charge in [-0.1, -0.05) is 23.2 Å². The van der Waals surface area contributed by atoms with Gasteiger partial charge in [0.1, 0.15) is 4.90 Å². The molecule has 0 spiro atoms. The Bertz CT molecular complexity index is 834. The van der Waals surface area contributed by atoms with Gasteiger partial charge in [0.2, 0.25) is 0 Å². The molecule has 2 aromatic carbocycles. The number of nitrogens with one attached hydrogen (secondary N) is 1. The molecule has 0 heterocycles. The number of hydrogen-bond acceptors (Lipinski definition) is 2. The van der Waals surface area contributed by atoms with E-state index in [1.807, 2.05) is 4.72 Å². The summed E-state index contributed by atoms with van der Waals surface area (Å²) in [6.45, 7) is 1.56. The fourth-order valence-corrected chi connectivity index (χ4v) is 3.53. The van der Waals surface area contributed by atoms with Gasteiger partial charge < -0.3 is 0 Å². The SMILES string of the molecule is Cc1cc(S(=O)(=O)Nc2cc(F)c(F)c(F)c2)c(Cl)cc1Cl. The van der Waals surface area contributed by atoms with Gasteiger partial charge >= 0.3 is 0 Å². The number of benzene rings is 2. The first kappa shape index (κ1) is 16.9. The van der Waals surface area contributed by atoms with E-state index in [-0.39, 0.29) is 14.9 Å². The Morgan fingerprint density at radius 3 is 2.05 bits per heavy atom. The van der Waals surface area contributed by atoms with Crippen LogP contribution in [0.15, 0.2) is 29.2 Å². The van der Waals surface area contributed by atoms with Gasteiger partial charge in [-0.25, -0.2) is 21.6 Å².